The molecule has 1 fully saturated rings. The van der Waals surface area contributed by atoms with E-state index in [1.54, 1.807) is 31.2 Å². The number of nitro benzene ring substituents is 1. The van der Waals surface area contributed by atoms with Crippen molar-refractivity contribution >= 4 is 40.6 Å². The van der Waals surface area contributed by atoms with Gasteiger partial charge in [-0.05, 0) is 54.1 Å². The highest BCUT2D eigenvalue weighted by Gasteiger charge is 2.35. The zero-order chi connectivity index (χ0) is 23.7. The standard InChI is InChI=1S/C23H16N2O7S/c1-13-10-15(22(27)28)4-8-18(13)19-9-7-17(32-19)11-20-21(26)24(23(29)33-20)12-14-2-5-16(6-3-14)25(30)31/h2-11H,12H2,1H3,(H,27,28)/b20-11-. The average molecular weight is 464 g/mol. The first kappa shape index (κ1) is 22.0. The third-order valence-corrected chi connectivity index (χ3v) is 5.91. The fraction of sp³-hybridized carbons (Fsp3) is 0.0870. The Morgan fingerprint density at radius 3 is 2.52 bits per heavy atom. The molecule has 1 aliphatic rings. The summed E-state index contributed by atoms with van der Waals surface area (Å²) in [6.07, 6.45) is 1.48. The summed E-state index contributed by atoms with van der Waals surface area (Å²) in [6, 6.07) is 13.7. The lowest BCUT2D eigenvalue weighted by Gasteiger charge is -2.12. The Balaban J connectivity index is 1.52. The topological polar surface area (TPSA) is 131 Å². The second-order valence-corrected chi connectivity index (χ2v) is 8.22. The van der Waals surface area contributed by atoms with Crippen LogP contribution in [0.1, 0.15) is 27.2 Å². The molecule has 0 saturated carbocycles. The Kier molecular flexibility index (Phi) is 5.84. The molecule has 1 aromatic heterocycles. The highest BCUT2D eigenvalue weighted by atomic mass is 32.2. The van der Waals surface area contributed by atoms with E-state index in [2.05, 4.69) is 0 Å². The van der Waals surface area contributed by atoms with Crippen molar-refractivity contribution < 1.29 is 28.8 Å². The molecule has 2 aromatic carbocycles. The second-order valence-electron chi connectivity index (χ2n) is 7.23. The number of carbonyl (C=O) groups is 3. The number of benzene rings is 2. The van der Waals surface area contributed by atoms with Gasteiger partial charge in [0.2, 0.25) is 0 Å². The molecule has 3 aromatic rings. The molecule has 1 aliphatic heterocycles. The van der Waals surface area contributed by atoms with E-state index in [0.717, 1.165) is 22.2 Å². The van der Waals surface area contributed by atoms with Crippen molar-refractivity contribution in [2.45, 2.75) is 13.5 Å². The number of carbonyl (C=O) groups excluding carboxylic acids is 2. The molecule has 0 aliphatic carbocycles. The zero-order valence-corrected chi connectivity index (χ0v) is 18.0. The fourth-order valence-corrected chi connectivity index (χ4v) is 4.14. The van der Waals surface area contributed by atoms with Crippen LogP contribution in [0, 0.1) is 17.0 Å². The molecule has 2 amide bonds. The summed E-state index contributed by atoms with van der Waals surface area (Å²) in [5.74, 6) is -0.633. The zero-order valence-electron chi connectivity index (χ0n) is 17.2. The van der Waals surface area contributed by atoms with Crippen molar-refractivity contribution in [2.24, 2.45) is 0 Å². The third-order valence-electron chi connectivity index (χ3n) is 5.00. The minimum absolute atomic E-state index is 0.00146. The van der Waals surface area contributed by atoms with Gasteiger partial charge < -0.3 is 9.52 Å². The number of carboxylic acid groups (broad SMARTS) is 1. The van der Waals surface area contributed by atoms with Crippen LogP contribution < -0.4 is 0 Å². The number of carboxylic acids is 1. The predicted molar refractivity (Wildman–Crippen MR) is 120 cm³/mol. The van der Waals surface area contributed by atoms with Crippen LogP contribution in [0.4, 0.5) is 10.5 Å². The number of aromatic carboxylic acids is 1. The van der Waals surface area contributed by atoms with Crippen LogP contribution >= 0.6 is 11.8 Å². The molecule has 0 unspecified atom stereocenters. The van der Waals surface area contributed by atoms with Gasteiger partial charge in [-0.15, -0.1) is 0 Å². The summed E-state index contributed by atoms with van der Waals surface area (Å²) in [5, 5.41) is 19.4. The lowest BCUT2D eigenvalue weighted by Crippen LogP contribution is -2.27. The molecule has 1 N–H and O–H groups in total. The van der Waals surface area contributed by atoms with E-state index in [4.69, 9.17) is 9.52 Å². The summed E-state index contributed by atoms with van der Waals surface area (Å²) in [4.78, 5) is 47.7. The number of hydrogen-bond acceptors (Lipinski definition) is 7. The van der Waals surface area contributed by atoms with Gasteiger partial charge in [-0.3, -0.25) is 24.6 Å². The fourth-order valence-electron chi connectivity index (χ4n) is 3.32. The van der Waals surface area contributed by atoms with Crippen molar-refractivity contribution in [2.75, 3.05) is 0 Å². The van der Waals surface area contributed by atoms with Gasteiger partial charge in [-0.25, -0.2) is 4.79 Å². The van der Waals surface area contributed by atoms with Crippen LogP contribution in [-0.4, -0.2) is 32.0 Å². The number of amides is 2. The summed E-state index contributed by atoms with van der Waals surface area (Å²) in [6.45, 7) is 1.77. The van der Waals surface area contributed by atoms with Gasteiger partial charge in [0.25, 0.3) is 16.8 Å². The van der Waals surface area contributed by atoms with E-state index >= 15 is 0 Å². The normalized spacial score (nSPS) is 14.8. The third kappa shape index (κ3) is 4.55. The van der Waals surface area contributed by atoms with E-state index < -0.39 is 22.0 Å². The van der Waals surface area contributed by atoms with Gasteiger partial charge in [-0.1, -0.05) is 18.2 Å². The maximum atomic E-state index is 12.7. The van der Waals surface area contributed by atoms with Gasteiger partial charge in [-0.2, -0.15) is 0 Å². The molecule has 166 valence electrons. The van der Waals surface area contributed by atoms with Crippen molar-refractivity contribution in [1.82, 2.24) is 4.90 Å². The maximum absolute atomic E-state index is 12.7. The van der Waals surface area contributed by atoms with E-state index in [0.29, 0.717) is 22.6 Å². The molecule has 0 atom stereocenters. The largest absolute Gasteiger partial charge is 0.478 e. The molecule has 1 saturated heterocycles. The first-order chi connectivity index (χ1) is 15.7. The minimum Gasteiger partial charge on any atom is -0.478 e. The van der Waals surface area contributed by atoms with E-state index in [-0.39, 0.29) is 22.7 Å². The number of rotatable bonds is 6. The Hall–Kier alpha value is -4.18. The monoisotopic (exact) mass is 464 g/mol. The van der Waals surface area contributed by atoms with E-state index in [1.165, 1.54) is 36.4 Å². The molecule has 4 rings (SSSR count). The van der Waals surface area contributed by atoms with Crippen molar-refractivity contribution in [1.29, 1.82) is 0 Å². The van der Waals surface area contributed by atoms with Crippen molar-refractivity contribution in [3.63, 3.8) is 0 Å². The Morgan fingerprint density at radius 1 is 1.15 bits per heavy atom. The maximum Gasteiger partial charge on any atom is 0.335 e. The van der Waals surface area contributed by atoms with Crippen LogP contribution in [0.2, 0.25) is 0 Å². The Labute approximate surface area is 191 Å². The van der Waals surface area contributed by atoms with Gasteiger partial charge in [0.05, 0.1) is 21.9 Å². The SMILES string of the molecule is Cc1cc(C(=O)O)ccc1-c1ccc(/C=C2\SC(=O)N(Cc3ccc([N+](=O)[O-])cc3)C2=O)o1. The summed E-state index contributed by atoms with van der Waals surface area (Å²) in [5.41, 5.74) is 2.12. The first-order valence-electron chi connectivity index (χ1n) is 9.66. The predicted octanol–water partition coefficient (Wildman–Crippen LogP) is 5.10. The average Bonchev–Trinajstić information content (AvgIpc) is 3.34. The molecule has 9 nitrogen and oxygen atoms in total. The second kappa shape index (κ2) is 8.75. The lowest BCUT2D eigenvalue weighted by atomic mass is 10.0. The molecular weight excluding hydrogens is 448 g/mol. The number of aryl methyl sites for hydroxylation is 1. The van der Waals surface area contributed by atoms with Gasteiger partial charge >= 0.3 is 5.97 Å². The molecule has 0 spiro atoms. The summed E-state index contributed by atoms with van der Waals surface area (Å²) in [7, 11) is 0. The van der Waals surface area contributed by atoms with Crippen molar-refractivity contribution in [3.05, 3.63) is 92.1 Å². The highest BCUT2D eigenvalue weighted by Crippen LogP contribution is 2.35. The molecule has 2 heterocycles. The van der Waals surface area contributed by atoms with Crippen LogP contribution in [0.25, 0.3) is 17.4 Å². The van der Waals surface area contributed by atoms with Crippen LogP contribution in [0.5, 0.6) is 0 Å². The highest BCUT2D eigenvalue weighted by molar-refractivity contribution is 8.18. The number of thioether (sulfide) groups is 1. The van der Waals surface area contributed by atoms with Crippen molar-refractivity contribution in [3.8, 4) is 11.3 Å². The smallest absolute Gasteiger partial charge is 0.335 e. The Morgan fingerprint density at radius 2 is 1.88 bits per heavy atom. The Bertz CT molecular complexity index is 1320. The molecule has 0 radical (unpaired) electrons. The summed E-state index contributed by atoms with van der Waals surface area (Å²) < 4.78 is 5.80. The quantitative estimate of drug-likeness (QED) is 0.303. The van der Waals surface area contributed by atoms with E-state index in [9.17, 15) is 24.5 Å². The van der Waals surface area contributed by atoms with Crippen LogP contribution in [-0.2, 0) is 11.3 Å². The molecule has 0 bridgehead atoms. The number of hydrogen-bond donors (Lipinski definition) is 1. The summed E-state index contributed by atoms with van der Waals surface area (Å²) >= 11 is 0.782. The van der Waals surface area contributed by atoms with Gasteiger partial charge in [0.1, 0.15) is 11.5 Å². The number of nitrogens with zero attached hydrogens (tertiary/aromatic N) is 2. The van der Waals surface area contributed by atoms with Crippen LogP contribution in [0.3, 0.4) is 0 Å². The van der Waals surface area contributed by atoms with E-state index in [1.807, 2.05) is 0 Å². The number of non-ortho nitro benzene ring substituents is 1. The van der Waals surface area contributed by atoms with Gasteiger partial charge in [0.15, 0.2) is 0 Å². The van der Waals surface area contributed by atoms with Crippen LogP contribution in [0.15, 0.2) is 63.9 Å². The number of imide groups is 1. The molecular formula is C23H16N2O7S. The number of furan rings is 1. The lowest BCUT2D eigenvalue weighted by molar-refractivity contribution is -0.384. The minimum atomic E-state index is -1.02. The number of nitro groups is 1. The van der Waals surface area contributed by atoms with Gasteiger partial charge in [0, 0.05) is 23.8 Å². The molecule has 33 heavy (non-hydrogen) atoms. The first-order valence-corrected chi connectivity index (χ1v) is 10.5. The molecule has 10 heteroatoms.